The average molecular weight is 431 g/mol. The minimum Gasteiger partial charge on any atom is -0.497 e. The van der Waals surface area contributed by atoms with E-state index in [-0.39, 0.29) is 11.9 Å². The predicted molar refractivity (Wildman–Crippen MR) is 121 cm³/mol. The zero-order valence-corrected chi connectivity index (χ0v) is 18.4. The van der Waals surface area contributed by atoms with Crippen LogP contribution in [-0.4, -0.2) is 59.1 Å². The van der Waals surface area contributed by atoms with Gasteiger partial charge in [-0.25, -0.2) is 4.39 Å². The highest BCUT2D eigenvalue weighted by atomic mass is 19.1. The van der Waals surface area contributed by atoms with Crippen LogP contribution in [0.4, 0.5) is 10.1 Å². The van der Waals surface area contributed by atoms with Crippen molar-refractivity contribution in [2.45, 2.75) is 19.6 Å². The molecular formula is C23H31FN4O3. The van der Waals surface area contributed by atoms with Crippen molar-refractivity contribution < 1.29 is 18.6 Å². The van der Waals surface area contributed by atoms with Gasteiger partial charge < -0.3 is 29.7 Å². The Morgan fingerprint density at radius 2 is 1.94 bits per heavy atom. The predicted octanol–water partition coefficient (Wildman–Crippen LogP) is 2.80. The normalized spacial score (nSPS) is 15.4. The lowest BCUT2D eigenvalue weighted by Crippen LogP contribution is -2.41. The van der Waals surface area contributed by atoms with Crippen molar-refractivity contribution in [2.24, 2.45) is 4.99 Å². The first kappa shape index (κ1) is 22.7. The van der Waals surface area contributed by atoms with Crippen molar-refractivity contribution in [3.8, 4) is 11.5 Å². The summed E-state index contributed by atoms with van der Waals surface area (Å²) in [5.41, 5.74) is 1.47. The number of anilines is 1. The van der Waals surface area contributed by atoms with Gasteiger partial charge in [-0.15, -0.1) is 0 Å². The van der Waals surface area contributed by atoms with Gasteiger partial charge in [0.25, 0.3) is 0 Å². The molecule has 2 N–H and O–H groups in total. The Kier molecular flexibility index (Phi) is 8.35. The van der Waals surface area contributed by atoms with Crippen LogP contribution < -0.4 is 25.0 Å². The van der Waals surface area contributed by atoms with Gasteiger partial charge in [-0.2, -0.15) is 0 Å². The molecule has 2 aromatic carbocycles. The molecule has 3 rings (SSSR count). The molecule has 7 nitrogen and oxygen atoms in total. The molecule has 0 saturated carbocycles. The van der Waals surface area contributed by atoms with Gasteiger partial charge in [0.05, 0.1) is 32.6 Å². The van der Waals surface area contributed by atoms with E-state index in [0.29, 0.717) is 51.0 Å². The minimum atomic E-state index is -0.218. The highest BCUT2D eigenvalue weighted by Crippen LogP contribution is 2.22. The summed E-state index contributed by atoms with van der Waals surface area (Å²) >= 11 is 0. The van der Waals surface area contributed by atoms with Crippen molar-refractivity contribution in [3.05, 3.63) is 53.8 Å². The van der Waals surface area contributed by atoms with E-state index in [1.807, 2.05) is 48.2 Å². The van der Waals surface area contributed by atoms with Gasteiger partial charge in [0.2, 0.25) is 0 Å². The Labute approximate surface area is 183 Å². The summed E-state index contributed by atoms with van der Waals surface area (Å²) in [6.07, 6.45) is -0.0871. The summed E-state index contributed by atoms with van der Waals surface area (Å²) in [5.74, 6) is 1.90. The van der Waals surface area contributed by atoms with Crippen molar-refractivity contribution in [1.82, 2.24) is 10.6 Å². The van der Waals surface area contributed by atoms with Crippen LogP contribution in [-0.2, 0) is 11.3 Å². The molecule has 0 aliphatic carbocycles. The van der Waals surface area contributed by atoms with Gasteiger partial charge in [-0.05, 0) is 36.8 Å². The second-order valence-corrected chi connectivity index (χ2v) is 7.30. The Morgan fingerprint density at radius 3 is 2.65 bits per heavy atom. The van der Waals surface area contributed by atoms with Crippen molar-refractivity contribution in [3.63, 3.8) is 0 Å². The highest BCUT2D eigenvalue weighted by molar-refractivity contribution is 5.79. The smallest absolute Gasteiger partial charge is 0.191 e. The van der Waals surface area contributed by atoms with E-state index in [9.17, 15) is 4.39 Å². The fourth-order valence-corrected chi connectivity index (χ4v) is 3.32. The van der Waals surface area contributed by atoms with Gasteiger partial charge in [-0.1, -0.05) is 12.1 Å². The van der Waals surface area contributed by atoms with E-state index >= 15 is 0 Å². The molecule has 0 aromatic heterocycles. The number of benzene rings is 2. The molecule has 0 spiro atoms. The number of methoxy groups -OCH3 is 1. The molecule has 8 heteroatoms. The van der Waals surface area contributed by atoms with E-state index in [0.717, 1.165) is 17.1 Å². The number of halogens is 1. The van der Waals surface area contributed by atoms with Crippen LogP contribution in [0.2, 0.25) is 0 Å². The number of rotatable bonds is 8. The van der Waals surface area contributed by atoms with Crippen molar-refractivity contribution in [2.75, 3.05) is 51.9 Å². The molecule has 1 heterocycles. The van der Waals surface area contributed by atoms with Crippen LogP contribution in [0, 0.1) is 5.82 Å². The standard InChI is InChI=1S/C23H31FN4O3/c1-17(31-20-6-4-5-19(14-20)29-3)15-26-23(25-2)27-16-18-7-8-22(21(24)13-18)28-9-11-30-12-10-28/h4-8,13-14,17H,9-12,15-16H2,1-3H3,(H2,25,26,27). The maximum absolute atomic E-state index is 14.6. The molecule has 1 aliphatic rings. The quantitative estimate of drug-likeness (QED) is 0.496. The Hall–Kier alpha value is -3.00. The monoisotopic (exact) mass is 430 g/mol. The second-order valence-electron chi connectivity index (χ2n) is 7.30. The highest BCUT2D eigenvalue weighted by Gasteiger charge is 2.15. The Balaban J connectivity index is 1.47. The van der Waals surface area contributed by atoms with Crippen LogP contribution >= 0.6 is 0 Å². The molecular weight excluding hydrogens is 399 g/mol. The topological polar surface area (TPSA) is 67.4 Å². The Morgan fingerprint density at radius 1 is 1.16 bits per heavy atom. The zero-order chi connectivity index (χ0) is 22.1. The third-order valence-corrected chi connectivity index (χ3v) is 4.98. The molecule has 2 aromatic rings. The van der Waals surface area contributed by atoms with Crippen LogP contribution in [0.1, 0.15) is 12.5 Å². The molecule has 1 saturated heterocycles. The van der Waals surface area contributed by atoms with Gasteiger partial charge in [0, 0.05) is 32.7 Å². The van der Waals surface area contributed by atoms with E-state index in [1.54, 1.807) is 20.2 Å². The maximum atomic E-state index is 14.6. The van der Waals surface area contributed by atoms with E-state index in [1.165, 1.54) is 0 Å². The van der Waals surface area contributed by atoms with Gasteiger partial charge in [0.15, 0.2) is 5.96 Å². The lowest BCUT2D eigenvalue weighted by Gasteiger charge is -2.29. The summed E-state index contributed by atoms with van der Waals surface area (Å²) in [6.45, 7) is 5.67. The van der Waals surface area contributed by atoms with Crippen molar-refractivity contribution in [1.29, 1.82) is 0 Å². The lowest BCUT2D eigenvalue weighted by atomic mass is 10.1. The summed E-state index contributed by atoms with van der Waals surface area (Å²) in [5, 5.41) is 6.45. The van der Waals surface area contributed by atoms with Crippen LogP contribution in [0.5, 0.6) is 11.5 Å². The number of ether oxygens (including phenoxy) is 3. The lowest BCUT2D eigenvalue weighted by molar-refractivity contribution is 0.122. The summed E-state index contributed by atoms with van der Waals surface area (Å²) in [4.78, 5) is 6.24. The van der Waals surface area contributed by atoms with Gasteiger partial charge in [-0.3, -0.25) is 4.99 Å². The number of nitrogens with one attached hydrogen (secondary N) is 2. The molecule has 1 aliphatic heterocycles. The minimum absolute atomic E-state index is 0.0871. The fraction of sp³-hybridized carbons (Fsp3) is 0.435. The fourth-order valence-electron chi connectivity index (χ4n) is 3.32. The molecule has 0 amide bonds. The number of morpholine rings is 1. The van der Waals surface area contributed by atoms with Crippen LogP contribution in [0.15, 0.2) is 47.5 Å². The maximum Gasteiger partial charge on any atom is 0.191 e. The zero-order valence-electron chi connectivity index (χ0n) is 18.4. The van der Waals surface area contributed by atoms with Gasteiger partial charge in [0.1, 0.15) is 23.4 Å². The first-order valence-corrected chi connectivity index (χ1v) is 10.5. The number of aliphatic imine (C=N–C) groups is 1. The largest absolute Gasteiger partial charge is 0.497 e. The molecule has 0 bridgehead atoms. The first-order chi connectivity index (χ1) is 15.1. The second kappa shape index (κ2) is 11.4. The van der Waals surface area contributed by atoms with Crippen molar-refractivity contribution >= 4 is 11.6 Å². The first-order valence-electron chi connectivity index (χ1n) is 10.5. The number of nitrogens with zero attached hydrogens (tertiary/aromatic N) is 2. The number of hydrogen-bond donors (Lipinski definition) is 2. The molecule has 1 atom stereocenters. The molecule has 31 heavy (non-hydrogen) atoms. The van der Waals surface area contributed by atoms with Crippen LogP contribution in [0.25, 0.3) is 0 Å². The molecule has 0 radical (unpaired) electrons. The summed E-state index contributed by atoms with van der Waals surface area (Å²) in [6, 6.07) is 12.8. The van der Waals surface area contributed by atoms with Gasteiger partial charge >= 0.3 is 0 Å². The average Bonchev–Trinajstić information content (AvgIpc) is 2.80. The molecule has 1 unspecified atom stereocenters. The third-order valence-electron chi connectivity index (χ3n) is 4.98. The number of guanidine groups is 1. The summed E-state index contributed by atoms with van der Waals surface area (Å²) in [7, 11) is 3.33. The summed E-state index contributed by atoms with van der Waals surface area (Å²) < 4.78 is 31.0. The SMILES string of the molecule is CN=C(NCc1ccc(N2CCOCC2)c(F)c1)NCC(C)Oc1cccc(OC)c1. The molecule has 168 valence electrons. The van der Waals surface area contributed by atoms with Crippen LogP contribution in [0.3, 0.4) is 0 Å². The molecule has 1 fully saturated rings. The number of hydrogen-bond acceptors (Lipinski definition) is 5. The van der Waals surface area contributed by atoms with E-state index in [4.69, 9.17) is 14.2 Å². The Bertz CT molecular complexity index is 872. The third kappa shape index (κ3) is 6.75. The van der Waals surface area contributed by atoms with E-state index in [2.05, 4.69) is 15.6 Å². The van der Waals surface area contributed by atoms with E-state index < -0.39 is 0 Å².